The van der Waals surface area contributed by atoms with Crippen molar-refractivity contribution in [3.8, 4) is 0 Å². The number of carbonyl (C=O) groups excluding carboxylic acids is 2. The number of allylic oxidation sites excluding steroid dienone is 3. The van der Waals surface area contributed by atoms with Gasteiger partial charge in [0.25, 0.3) is 11.8 Å². The molecule has 0 unspecified atom stereocenters. The van der Waals surface area contributed by atoms with E-state index in [1.807, 2.05) is 0 Å². The van der Waals surface area contributed by atoms with Gasteiger partial charge < -0.3 is 14.5 Å². The van der Waals surface area contributed by atoms with E-state index in [0.717, 1.165) is 31.2 Å². The topological polar surface area (TPSA) is 62.7 Å². The van der Waals surface area contributed by atoms with Gasteiger partial charge in [0.2, 0.25) is 5.95 Å². The minimum absolute atomic E-state index is 0.173. The van der Waals surface area contributed by atoms with Crippen molar-refractivity contribution in [2.24, 2.45) is 0 Å². The molecule has 3 saturated heterocycles. The molecule has 3 fully saturated rings. The fourth-order valence-electron chi connectivity index (χ4n) is 4.68. The van der Waals surface area contributed by atoms with E-state index in [4.69, 9.17) is 4.74 Å². The number of pyridine rings is 1. The normalized spacial score (nSPS) is 25.1. The van der Waals surface area contributed by atoms with Crippen LogP contribution in [-0.2, 0) is 9.53 Å². The van der Waals surface area contributed by atoms with Crippen molar-refractivity contribution in [1.82, 2.24) is 14.8 Å². The summed E-state index contributed by atoms with van der Waals surface area (Å²) in [7, 11) is 0. The number of carbonyl (C=O) groups is 2. The Morgan fingerprint density at radius 2 is 1.91 bits per heavy atom. The van der Waals surface area contributed by atoms with Crippen LogP contribution in [0.3, 0.4) is 0 Å². The molecule has 0 aliphatic carbocycles. The summed E-state index contributed by atoms with van der Waals surface area (Å²) in [6.07, 6.45) is 2.92. The molecule has 0 aromatic carbocycles. The van der Waals surface area contributed by atoms with Crippen molar-refractivity contribution in [2.75, 3.05) is 13.1 Å². The second-order valence-corrected chi connectivity index (χ2v) is 8.47. The number of likely N-dealkylation sites (tertiary alicyclic amines) is 1. The molecule has 4 heterocycles. The number of fused-ring (bicyclic) bond motifs is 1. The average molecular weight is 465 g/mol. The standard InChI is InChI=1S/C23H23F4N3O3/c1-13(11-15(25)12-14(2)24)18-5-6-19-30(18)22(32)23(33-19)7-9-29(10-8-23)21(31)17-4-3-16(26)20(27)28-17/h3-4,11-12,18-19H,1,5-10H2,2H3/b14-12+,15-11+/t18-,19+/m0/s1. The van der Waals surface area contributed by atoms with E-state index in [0.29, 0.717) is 18.4 Å². The van der Waals surface area contributed by atoms with Crippen LogP contribution in [0, 0.1) is 11.8 Å². The number of nitrogens with zero attached hydrogens (tertiary/aromatic N) is 3. The third-order valence-electron chi connectivity index (χ3n) is 6.29. The van der Waals surface area contributed by atoms with Crippen LogP contribution >= 0.6 is 0 Å². The van der Waals surface area contributed by atoms with Gasteiger partial charge in [0.05, 0.1) is 11.9 Å². The summed E-state index contributed by atoms with van der Waals surface area (Å²) < 4.78 is 59.5. The van der Waals surface area contributed by atoms with Crippen LogP contribution in [0.4, 0.5) is 17.6 Å². The molecular weight excluding hydrogens is 442 g/mol. The zero-order valence-electron chi connectivity index (χ0n) is 18.0. The summed E-state index contributed by atoms with van der Waals surface area (Å²) in [4.78, 5) is 32.3. The summed E-state index contributed by atoms with van der Waals surface area (Å²) >= 11 is 0. The molecule has 4 rings (SSSR count). The monoisotopic (exact) mass is 465 g/mol. The summed E-state index contributed by atoms with van der Waals surface area (Å²) in [6, 6.07) is 1.49. The first-order valence-corrected chi connectivity index (χ1v) is 10.6. The van der Waals surface area contributed by atoms with Crippen molar-refractivity contribution in [3.63, 3.8) is 0 Å². The molecule has 1 spiro atoms. The van der Waals surface area contributed by atoms with Crippen LogP contribution in [0.25, 0.3) is 0 Å². The predicted octanol–water partition coefficient (Wildman–Crippen LogP) is 3.96. The molecule has 0 saturated carbocycles. The van der Waals surface area contributed by atoms with Crippen LogP contribution in [0.5, 0.6) is 0 Å². The quantitative estimate of drug-likeness (QED) is 0.384. The van der Waals surface area contributed by atoms with Crippen LogP contribution in [0.1, 0.15) is 43.1 Å². The van der Waals surface area contributed by atoms with Crippen molar-refractivity contribution < 1.29 is 31.9 Å². The number of hydrogen-bond acceptors (Lipinski definition) is 4. The first-order valence-electron chi connectivity index (χ1n) is 10.6. The third kappa shape index (κ3) is 4.31. The third-order valence-corrected chi connectivity index (χ3v) is 6.29. The Hall–Kier alpha value is -3.01. The first-order chi connectivity index (χ1) is 15.6. The van der Waals surface area contributed by atoms with E-state index >= 15 is 0 Å². The second kappa shape index (κ2) is 8.74. The Morgan fingerprint density at radius 1 is 1.21 bits per heavy atom. The van der Waals surface area contributed by atoms with E-state index in [9.17, 15) is 27.2 Å². The summed E-state index contributed by atoms with van der Waals surface area (Å²) in [5, 5.41) is 0. The van der Waals surface area contributed by atoms with Gasteiger partial charge in [0, 0.05) is 32.0 Å². The molecule has 0 bridgehead atoms. The van der Waals surface area contributed by atoms with E-state index in [1.54, 1.807) is 4.90 Å². The fourth-order valence-corrected chi connectivity index (χ4v) is 4.68. The zero-order chi connectivity index (χ0) is 23.9. The number of amides is 2. The number of hydrogen-bond donors (Lipinski definition) is 0. The van der Waals surface area contributed by atoms with Crippen molar-refractivity contribution in [2.45, 2.75) is 50.5 Å². The highest BCUT2D eigenvalue weighted by atomic mass is 19.2. The van der Waals surface area contributed by atoms with Gasteiger partial charge in [-0.15, -0.1) is 0 Å². The molecule has 0 N–H and O–H groups in total. The van der Waals surface area contributed by atoms with Crippen LogP contribution in [0.2, 0.25) is 0 Å². The smallest absolute Gasteiger partial charge is 0.272 e. The van der Waals surface area contributed by atoms with Gasteiger partial charge in [0.1, 0.15) is 17.7 Å². The average Bonchev–Trinajstić information content (AvgIpc) is 3.28. The van der Waals surface area contributed by atoms with Gasteiger partial charge in [-0.3, -0.25) is 9.59 Å². The largest absolute Gasteiger partial charge is 0.342 e. The van der Waals surface area contributed by atoms with Crippen LogP contribution < -0.4 is 0 Å². The number of aromatic nitrogens is 1. The molecule has 176 valence electrons. The molecule has 3 aliphatic rings. The highest BCUT2D eigenvalue weighted by molar-refractivity contribution is 5.93. The molecule has 33 heavy (non-hydrogen) atoms. The van der Waals surface area contributed by atoms with E-state index in [2.05, 4.69) is 11.6 Å². The number of rotatable bonds is 4. The Morgan fingerprint density at radius 3 is 2.55 bits per heavy atom. The molecule has 1 aromatic heterocycles. The van der Waals surface area contributed by atoms with Gasteiger partial charge >= 0.3 is 0 Å². The van der Waals surface area contributed by atoms with Gasteiger partial charge in [-0.2, -0.15) is 4.39 Å². The minimum Gasteiger partial charge on any atom is -0.342 e. The summed E-state index contributed by atoms with van der Waals surface area (Å²) in [6.45, 7) is 5.33. The lowest BCUT2D eigenvalue weighted by Crippen LogP contribution is -2.52. The number of ether oxygens (including phenoxy) is 1. The van der Waals surface area contributed by atoms with Gasteiger partial charge in [-0.05, 0) is 43.5 Å². The summed E-state index contributed by atoms with van der Waals surface area (Å²) in [5.74, 6) is -4.77. The maximum Gasteiger partial charge on any atom is 0.272 e. The molecule has 1 aromatic rings. The Balaban J connectivity index is 1.44. The maximum absolute atomic E-state index is 13.9. The van der Waals surface area contributed by atoms with Gasteiger partial charge in [-0.25, -0.2) is 18.2 Å². The van der Waals surface area contributed by atoms with Gasteiger partial charge in [-0.1, -0.05) is 6.58 Å². The fraction of sp³-hybridized carbons (Fsp3) is 0.435. The molecular formula is C23H23F4N3O3. The van der Waals surface area contributed by atoms with Crippen molar-refractivity contribution >= 4 is 11.8 Å². The first kappa shape index (κ1) is 23.2. The zero-order valence-corrected chi connectivity index (χ0v) is 18.0. The molecule has 2 atom stereocenters. The van der Waals surface area contributed by atoms with Gasteiger partial charge in [0.15, 0.2) is 11.4 Å². The van der Waals surface area contributed by atoms with Crippen LogP contribution in [-0.4, -0.2) is 57.6 Å². The van der Waals surface area contributed by atoms with E-state index in [-0.39, 0.29) is 37.5 Å². The minimum atomic E-state index is -1.35. The van der Waals surface area contributed by atoms with Crippen molar-refractivity contribution in [1.29, 1.82) is 0 Å². The van der Waals surface area contributed by atoms with E-state index in [1.165, 1.54) is 4.90 Å². The molecule has 0 radical (unpaired) electrons. The number of piperidine rings is 1. The highest BCUT2D eigenvalue weighted by Gasteiger charge is 2.58. The van der Waals surface area contributed by atoms with Crippen LogP contribution in [0.15, 0.2) is 48.1 Å². The lowest BCUT2D eigenvalue weighted by atomic mass is 9.89. The Bertz CT molecular complexity index is 1060. The molecule has 3 aliphatic heterocycles. The molecule has 10 heteroatoms. The highest BCUT2D eigenvalue weighted by Crippen LogP contribution is 2.44. The second-order valence-electron chi connectivity index (χ2n) is 8.47. The summed E-state index contributed by atoms with van der Waals surface area (Å²) in [5.41, 5.74) is -0.982. The number of halogens is 4. The van der Waals surface area contributed by atoms with Crippen molar-refractivity contribution in [3.05, 3.63) is 65.5 Å². The lowest BCUT2D eigenvalue weighted by Gasteiger charge is -2.37. The predicted molar refractivity (Wildman–Crippen MR) is 110 cm³/mol. The molecule has 6 nitrogen and oxygen atoms in total. The Kier molecular flexibility index (Phi) is 6.13. The maximum atomic E-state index is 13.9. The SMILES string of the molecule is C=C(/C=C(F)\C=C(/C)F)[C@@H]1CC[C@H]2OC3(CCN(C(=O)c4ccc(F)c(F)n4)CC3)C(=O)N21. The Labute approximate surface area is 188 Å². The van der Waals surface area contributed by atoms with E-state index < -0.39 is 47.2 Å². The molecule has 2 amide bonds. The lowest BCUT2D eigenvalue weighted by molar-refractivity contribution is -0.142.